The van der Waals surface area contributed by atoms with Crippen LogP contribution in [0.1, 0.15) is 21.5 Å². The summed E-state index contributed by atoms with van der Waals surface area (Å²) in [6, 6.07) is 31.4. The molecule has 4 aromatic rings. The van der Waals surface area contributed by atoms with Gasteiger partial charge in [0.15, 0.2) is 5.78 Å². The maximum atomic E-state index is 13.1. The average molecular weight is 541 g/mol. The number of carbonyl (C=O) groups is 2. The second-order valence-corrected chi connectivity index (χ2v) is 9.63. The largest absolute Gasteiger partial charge is 0.492 e. The first-order chi connectivity index (χ1) is 19.1. The molecular formula is C32H32N2O4S. The van der Waals surface area contributed by atoms with Gasteiger partial charge in [0.25, 0.3) is 0 Å². The molecule has 0 saturated carbocycles. The molecule has 0 heterocycles. The second kappa shape index (κ2) is 14.1. The number of anilines is 2. The summed E-state index contributed by atoms with van der Waals surface area (Å²) in [6.45, 7) is 1.19. The van der Waals surface area contributed by atoms with Gasteiger partial charge in [-0.15, -0.1) is 11.8 Å². The minimum Gasteiger partial charge on any atom is -0.492 e. The number of methoxy groups -OCH3 is 1. The van der Waals surface area contributed by atoms with E-state index in [9.17, 15) is 9.59 Å². The number of carbonyl (C=O) groups excluding carboxylic acids is 2. The number of thioether (sulfide) groups is 1. The number of nitrogens with one attached hydrogen (secondary N) is 2. The molecule has 0 fully saturated rings. The van der Waals surface area contributed by atoms with E-state index >= 15 is 0 Å². The predicted octanol–water partition coefficient (Wildman–Crippen LogP) is 6.33. The molecule has 0 saturated heterocycles. The van der Waals surface area contributed by atoms with E-state index in [1.165, 1.54) is 12.0 Å². The molecule has 1 atom stereocenters. The molecule has 0 radical (unpaired) electrons. The minimum atomic E-state index is -0.674. The lowest BCUT2D eigenvalue weighted by molar-refractivity contribution is -0.141. The lowest BCUT2D eigenvalue weighted by Crippen LogP contribution is -2.33. The summed E-state index contributed by atoms with van der Waals surface area (Å²) >= 11 is 1.70. The molecule has 200 valence electrons. The summed E-state index contributed by atoms with van der Waals surface area (Å²) < 4.78 is 11.0. The van der Waals surface area contributed by atoms with Crippen molar-refractivity contribution in [1.82, 2.24) is 0 Å². The Labute approximate surface area is 233 Å². The highest BCUT2D eigenvalue weighted by atomic mass is 32.2. The molecule has 0 aliphatic rings. The molecule has 39 heavy (non-hydrogen) atoms. The summed E-state index contributed by atoms with van der Waals surface area (Å²) in [5.74, 6) is 0.226. The molecule has 1 unspecified atom stereocenters. The zero-order valence-corrected chi connectivity index (χ0v) is 22.9. The first-order valence-corrected chi connectivity index (χ1v) is 13.9. The average Bonchev–Trinajstić information content (AvgIpc) is 3.00. The van der Waals surface area contributed by atoms with Gasteiger partial charge < -0.3 is 20.1 Å². The number of hydrogen-bond donors (Lipinski definition) is 2. The van der Waals surface area contributed by atoms with Crippen LogP contribution < -0.4 is 15.4 Å². The van der Waals surface area contributed by atoms with E-state index < -0.39 is 12.0 Å². The number of rotatable bonds is 13. The van der Waals surface area contributed by atoms with Crippen molar-refractivity contribution in [3.05, 3.63) is 120 Å². The van der Waals surface area contributed by atoms with Gasteiger partial charge in [-0.25, -0.2) is 4.79 Å². The summed E-state index contributed by atoms with van der Waals surface area (Å²) in [5.41, 5.74) is 3.69. The summed E-state index contributed by atoms with van der Waals surface area (Å²) in [6.07, 6.45) is 2.44. The molecule has 0 bridgehead atoms. The van der Waals surface area contributed by atoms with Gasteiger partial charge in [0, 0.05) is 40.4 Å². The zero-order chi connectivity index (χ0) is 27.5. The predicted molar refractivity (Wildman–Crippen MR) is 158 cm³/mol. The molecule has 6 nitrogen and oxygen atoms in total. The zero-order valence-electron chi connectivity index (χ0n) is 22.1. The van der Waals surface area contributed by atoms with Crippen LogP contribution >= 0.6 is 11.8 Å². The van der Waals surface area contributed by atoms with Gasteiger partial charge in [-0.1, -0.05) is 66.7 Å². The summed E-state index contributed by atoms with van der Waals surface area (Å²) in [7, 11) is 1.36. The number of ether oxygens (including phenoxy) is 2. The highest BCUT2D eigenvalue weighted by Gasteiger charge is 2.22. The Morgan fingerprint density at radius 2 is 1.49 bits per heavy atom. The van der Waals surface area contributed by atoms with Crippen LogP contribution in [-0.2, 0) is 16.0 Å². The molecular weight excluding hydrogens is 508 g/mol. The maximum absolute atomic E-state index is 13.1. The molecule has 7 heteroatoms. The minimum absolute atomic E-state index is 0.116. The Kier molecular flexibility index (Phi) is 10.0. The molecule has 4 aromatic carbocycles. The Bertz CT molecular complexity index is 1380. The fraction of sp³-hybridized carbons (Fsp3) is 0.188. The van der Waals surface area contributed by atoms with E-state index in [1.807, 2.05) is 66.7 Å². The SMILES string of the molecule is COC(=O)C(Cc1ccc(OCCNc2ccccc2SC)cc1)Nc1ccccc1C(=O)c1ccccc1. The number of ketones is 1. The van der Waals surface area contributed by atoms with E-state index in [4.69, 9.17) is 9.47 Å². The Balaban J connectivity index is 1.38. The van der Waals surface area contributed by atoms with Crippen LogP contribution in [0.25, 0.3) is 0 Å². The monoisotopic (exact) mass is 540 g/mol. The summed E-state index contributed by atoms with van der Waals surface area (Å²) in [4.78, 5) is 27.0. The molecule has 2 N–H and O–H groups in total. The standard InChI is InChI=1S/C32H32N2O4S/c1-37-32(36)29(34-27-13-7-6-12-26(27)31(35)24-10-4-3-5-11-24)22-23-16-18-25(19-17-23)38-21-20-33-28-14-8-9-15-30(28)39-2/h3-19,29,33-34H,20-22H2,1-2H3. The van der Waals surface area contributed by atoms with Crippen molar-refractivity contribution in [1.29, 1.82) is 0 Å². The van der Waals surface area contributed by atoms with Crippen LogP contribution in [0, 0.1) is 0 Å². The third-order valence-electron chi connectivity index (χ3n) is 6.18. The first-order valence-electron chi connectivity index (χ1n) is 12.7. The molecule has 0 amide bonds. The van der Waals surface area contributed by atoms with Crippen molar-refractivity contribution in [2.45, 2.75) is 17.4 Å². The lowest BCUT2D eigenvalue weighted by Gasteiger charge is -2.20. The Morgan fingerprint density at radius 3 is 2.21 bits per heavy atom. The van der Waals surface area contributed by atoms with Crippen LogP contribution in [0.3, 0.4) is 0 Å². The highest BCUT2D eigenvalue weighted by Crippen LogP contribution is 2.25. The third-order valence-corrected chi connectivity index (χ3v) is 6.98. The van der Waals surface area contributed by atoms with Crippen molar-refractivity contribution < 1.29 is 19.1 Å². The molecule has 0 aliphatic heterocycles. The smallest absolute Gasteiger partial charge is 0.328 e. The van der Waals surface area contributed by atoms with Crippen molar-refractivity contribution in [2.75, 3.05) is 37.2 Å². The molecule has 0 aromatic heterocycles. The topological polar surface area (TPSA) is 76.7 Å². The number of benzene rings is 4. The van der Waals surface area contributed by atoms with Crippen molar-refractivity contribution >= 4 is 34.9 Å². The fourth-order valence-corrected chi connectivity index (χ4v) is 4.75. The summed E-state index contributed by atoms with van der Waals surface area (Å²) in [5, 5.41) is 6.65. The number of esters is 1. The highest BCUT2D eigenvalue weighted by molar-refractivity contribution is 7.98. The van der Waals surface area contributed by atoms with Gasteiger partial charge in [0.2, 0.25) is 0 Å². The van der Waals surface area contributed by atoms with Gasteiger partial charge in [0.1, 0.15) is 18.4 Å². The third kappa shape index (κ3) is 7.65. The van der Waals surface area contributed by atoms with Gasteiger partial charge in [-0.3, -0.25) is 4.79 Å². The quantitative estimate of drug-likeness (QED) is 0.0889. The van der Waals surface area contributed by atoms with E-state index in [2.05, 4.69) is 29.0 Å². The van der Waals surface area contributed by atoms with Gasteiger partial charge >= 0.3 is 5.97 Å². The molecule has 0 aliphatic carbocycles. The second-order valence-electron chi connectivity index (χ2n) is 8.78. The van der Waals surface area contributed by atoms with E-state index in [0.717, 1.165) is 17.0 Å². The Morgan fingerprint density at radius 1 is 0.821 bits per heavy atom. The van der Waals surface area contributed by atoms with Crippen LogP contribution in [-0.4, -0.2) is 44.3 Å². The fourth-order valence-electron chi connectivity index (χ4n) is 4.18. The van der Waals surface area contributed by atoms with Crippen LogP contribution in [0.5, 0.6) is 5.75 Å². The Hall–Kier alpha value is -4.23. The molecule has 0 spiro atoms. The number of para-hydroxylation sites is 2. The van der Waals surface area contributed by atoms with E-state index in [1.54, 1.807) is 36.0 Å². The normalized spacial score (nSPS) is 11.3. The van der Waals surface area contributed by atoms with Gasteiger partial charge in [-0.05, 0) is 48.2 Å². The maximum Gasteiger partial charge on any atom is 0.328 e. The number of hydrogen-bond acceptors (Lipinski definition) is 7. The van der Waals surface area contributed by atoms with E-state index in [-0.39, 0.29) is 5.78 Å². The van der Waals surface area contributed by atoms with Crippen LogP contribution in [0.4, 0.5) is 11.4 Å². The van der Waals surface area contributed by atoms with Gasteiger partial charge in [-0.2, -0.15) is 0 Å². The van der Waals surface area contributed by atoms with Gasteiger partial charge in [0.05, 0.1) is 7.11 Å². The molecule has 4 rings (SSSR count). The van der Waals surface area contributed by atoms with Crippen LogP contribution in [0.2, 0.25) is 0 Å². The first kappa shape index (κ1) is 27.8. The van der Waals surface area contributed by atoms with Crippen LogP contribution in [0.15, 0.2) is 108 Å². The lowest BCUT2D eigenvalue weighted by atomic mass is 10.00. The van der Waals surface area contributed by atoms with Crippen molar-refractivity contribution in [3.63, 3.8) is 0 Å². The van der Waals surface area contributed by atoms with E-state index in [0.29, 0.717) is 36.4 Å². The van der Waals surface area contributed by atoms with Crippen molar-refractivity contribution in [2.24, 2.45) is 0 Å². The van der Waals surface area contributed by atoms with Crippen molar-refractivity contribution in [3.8, 4) is 5.75 Å².